The Bertz CT molecular complexity index is 1010. The summed E-state index contributed by atoms with van der Waals surface area (Å²) < 4.78 is 28.7. The van der Waals surface area contributed by atoms with Crippen LogP contribution >= 0.6 is 0 Å². The van der Waals surface area contributed by atoms with E-state index in [1.54, 1.807) is 0 Å². The summed E-state index contributed by atoms with van der Waals surface area (Å²) in [6.07, 6.45) is 2.39. The summed E-state index contributed by atoms with van der Waals surface area (Å²) in [5, 5.41) is 1.06. The normalized spacial score (nSPS) is 11.6. The SMILES string of the molecule is [N-]=[N+]=NS(=O)(=O)N(CCc1c[nH]c2ccccc12)Cc1ccccc1. The monoisotopic (exact) mass is 355 g/mol. The number of nitrogens with one attached hydrogen (secondary N) is 1. The minimum Gasteiger partial charge on any atom is -0.361 e. The fraction of sp³-hybridized carbons (Fsp3) is 0.176. The molecule has 3 aromatic rings. The first kappa shape index (κ1) is 17.0. The fourth-order valence-corrected chi connectivity index (χ4v) is 3.57. The number of hydrogen-bond acceptors (Lipinski definition) is 2. The van der Waals surface area contributed by atoms with Gasteiger partial charge in [0, 0.05) is 39.6 Å². The molecule has 0 atom stereocenters. The lowest BCUT2D eigenvalue weighted by Crippen LogP contribution is -2.30. The Morgan fingerprint density at radius 2 is 1.80 bits per heavy atom. The van der Waals surface area contributed by atoms with Crippen LogP contribution in [0.3, 0.4) is 0 Å². The van der Waals surface area contributed by atoms with Crippen molar-refractivity contribution in [3.8, 4) is 0 Å². The predicted octanol–water partition coefficient (Wildman–Crippen LogP) is 3.77. The maximum absolute atomic E-state index is 12.3. The highest BCUT2D eigenvalue weighted by Crippen LogP contribution is 2.20. The molecule has 0 aliphatic carbocycles. The Hall–Kier alpha value is -2.80. The molecule has 2 aromatic carbocycles. The van der Waals surface area contributed by atoms with Crippen molar-refractivity contribution in [1.82, 2.24) is 9.29 Å². The van der Waals surface area contributed by atoms with E-state index in [2.05, 4.69) is 14.4 Å². The van der Waals surface area contributed by atoms with Crippen LogP contribution in [0.25, 0.3) is 21.3 Å². The molecule has 0 spiro atoms. The van der Waals surface area contributed by atoms with E-state index in [9.17, 15) is 8.42 Å². The number of para-hydroxylation sites is 1. The second-order valence-corrected chi connectivity index (χ2v) is 7.15. The highest BCUT2D eigenvalue weighted by Gasteiger charge is 2.21. The van der Waals surface area contributed by atoms with Gasteiger partial charge in [-0.2, -0.15) is 4.31 Å². The fourth-order valence-electron chi connectivity index (χ4n) is 2.74. The summed E-state index contributed by atoms with van der Waals surface area (Å²) in [5.74, 6) is 0. The van der Waals surface area contributed by atoms with Crippen molar-refractivity contribution >= 4 is 21.1 Å². The van der Waals surface area contributed by atoms with Gasteiger partial charge in [-0.25, -0.2) is 8.42 Å². The number of benzene rings is 2. The Morgan fingerprint density at radius 3 is 2.56 bits per heavy atom. The lowest BCUT2D eigenvalue weighted by molar-refractivity contribution is 0.410. The smallest absolute Gasteiger partial charge is 0.302 e. The summed E-state index contributed by atoms with van der Waals surface area (Å²) in [4.78, 5) is 5.63. The highest BCUT2D eigenvalue weighted by atomic mass is 32.2. The highest BCUT2D eigenvalue weighted by molar-refractivity contribution is 7.87. The van der Waals surface area contributed by atoms with Gasteiger partial charge >= 0.3 is 10.2 Å². The first-order valence-corrected chi connectivity index (χ1v) is 9.15. The molecule has 0 radical (unpaired) electrons. The third-order valence-electron chi connectivity index (χ3n) is 3.97. The molecule has 3 rings (SSSR count). The topological polar surface area (TPSA) is 102 Å². The molecule has 1 heterocycles. The number of fused-ring (bicyclic) bond motifs is 1. The lowest BCUT2D eigenvalue weighted by atomic mass is 10.1. The summed E-state index contributed by atoms with van der Waals surface area (Å²) in [7, 11) is -4.05. The summed E-state index contributed by atoms with van der Waals surface area (Å²) >= 11 is 0. The third kappa shape index (κ3) is 4.00. The Balaban J connectivity index is 1.83. The van der Waals surface area contributed by atoms with E-state index in [0.717, 1.165) is 22.0 Å². The van der Waals surface area contributed by atoms with Gasteiger partial charge in [-0.1, -0.05) is 48.5 Å². The standard InChI is InChI=1S/C17H17N5O2S/c18-20-21-25(23,24)22(13-14-6-2-1-3-7-14)11-10-15-12-19-17-9-5-4-8-16(15)17/h1-9,12,19H,10-11,13H2. The van der Waals surface area contributed by atoms with Crippen LogP contribution in [-0.2, 0) is 23.2 Å². The molecule has 128 valence electrons. The van der Waals surface area contributed by atoms with Crippen LogP contribution in [0, 0.1) is 0 Å². The zero-order chi connectivity index (χ0) is 17.7. The van der Waals surface area contributed by atoms with Gasteiger partial charge in [0.15, 0.2) is 0 Å². The molecule has 8 heteroatoms. The van der Waals surface area contributed by atoms with Gasteiger partial charge in [0.1, 0.15) is 0 Å². The van der Waals surface area contributed by atoms with E-state index in [-0.39, 0.29) is 13.1 Å². The van der Waals surface area contributed by atoms with Crippen LogP contribution in [0.15, 0.2) is 65.3 Å². The number of hydrogen-bond donors (Lipinski definition) is 1. The molecule has 7 nitrogen and oxygen atoms in total. The van der Waals surface area contributed by atoms with Crippen LogP contribution in [0.4, 0.5) is 0 Å². The van der Waals surface area contributed by atoms with Crippen LogP contribution in [0.1, 0.15) is 11.1 Å². The molecule has 0 aliphatic heterocycles. The first-order chi connectivity index (χ1) is 12.1. The minimum absolute atomic E-state index is 0.157. The molecule has 0 saturated heterocycles. The number of nitrogens with zero attached hydrogens (tertiary/aromatic N) is 4. The maximum atomic E-state index is 12.3. The molecule has 0 aliphatic rings. The second kappa shape index (κ2) is 7.40. The zero-order valence-electron chi connectivity index (χ0n) is 13.4. The molecule has 0 unspecified atom stereocenters. The van der Waals surface area contributed by atoms with Crippen molar-refractivity contribution in [3.05, 3.63) is 82.4 Å². The molecule has 1 aromatic heterocycles. The van der Waals surface area contributed by atoms with Crippen molar-refractivity contribution in [3.63, 3.8) is 0 Å². The molecular weight excluding hydrogens is 338 g/mol. The Morgan fingerprint density at radius 1 is 1.08 bits per heavy atom. The molecule has 25 heavy (non-hydrogen) atoms. The molecule has 0 saturated carbocycles. The van der Waals surface area contributed by atoms with Crippen molar-refractivity contribution in [2.24, 2.45) is 4.52 Å². The summed E-state index contributed by atoms with van der Waals surface area (Å²) in [6, 6.07) is 17.1. The van der Waals surface area contributed by atoms with Crippen molar-refractivity contribution in [2.45, 2.75) is 13.0 Å². The van der Waals surface area contributed by atoms with Gasteiger partial charge in [0.05, 0.1) is 0 Å². The van der Waals surface area contributed by atoms with E-state index in [4.69, 9.17) is 5.53 Å². The predicted molar refractivity (Wildman–Crippen MR) is 96.9 cm³/mol. The van der Waals surface area contributed by atoms with Crippen LogP contribution < -0.4 is 0 Å². The van der Waals surface area contributed by atoms with Crippen LogP contribution in [0.5, 0.6) is 0 Å². The van der Waals surface area contributed by atoms with Gasteiger partial charge in [0.2, 0.25) is 0 Å². The van der Waals surface area contributed by atoms with Gasteiger partial charge in [-0.05, 0) is 29.1 Å². The quantitative estimate of drug-likeness (QED) is 0.396. The Kier molecular flexibility index (Phi) is 5.04. The van der Waals surface area contributed by atoms with Crippen molar-refractivity contribution in [1.29, 1.82) is 0 Å². The van der Waals surface area contributed by atoms with Gasteiger partial charge in [-0.15, -0.1) is 0 Å². The number of rotatable bonds is 7. The summed E-state index contributed by atoms with van der Waals surface area (Å²) in [5.41, 5.74) is 11.4. The van der Waals surface area contributed by atoms with Crippen LogP contribution in [0.2, 0.25) is 0 Å². The van der Waals surface area contributed by atoms with E-state index in [1.807, 2.05) is 60.8 Å². The second-order valence-electron chi connectivity index (χ2n) is 5.58. The maximum Gasteiger partial charge on any atom is 0.302 e. The van der Waals surface area contributed by atoms with Gasteiger partial charge < -0.3 is 4.98 Å². The number of aromatic nitrogens is 1. The van der Waals surface area contributed by atoms with E-state index >= 15 is 0 Å². The molecular formula is C17H17N5O2S. The molecule has 0 fully saturated rings. The van der Waals surface area contributed by atoms with Crippen molar-refractivity contribution < 1.29 is 8.42 Å². The van der Waals surface area contributed by atoms with Crippen LogP contribution in [-0.4, -0.2) is 24.3 Å². The van der Waals surface area contributed by atoms with E-state index in [1.165, 1.54) is 4.31 Å². The zero-order valence-corrected chi connectivity index (χ0v) is 14.2. The third-order valence-corrected chi connectivity index (χ3v) is 5.22. The number of H-pyrrole nitrogens is 1. The van der Waals surface area contributed by atoms with E-state index < -0.39 is 10.2 Å². The minimum atomic E-state index is -4.05. The molecule has 0 amide bonds. The lowest BCUT2D eigenvalue weighted by Gasteiger charge is -2.19. The molecule has 0 bridgehead atoms. The number of aromatic amines is 1. The van der Waals surface area contributed by atoms with E-state index in [0.29, 0.717) is 6.42 Å². The summed E-state index contributed by atoms with van der Waals surface area (Å²) in [6.45, 7) is 0.378. The first-order valence-electron chi connectivity index (χ1n) is 7.75. The van der Waals surface area contributed by atoms with Crippen molar-refractivity contribution in [2.75, 3.05) is 6.54 Å². The van der Waals surface area contributed by atoms with Gasteiger partial charge in [-0.3, -0.25) is 0 Å². The average molecular weight is 355 g/mol. The largest absolute Gasteiger partial charge is 0.361 e. The average Bonchev–Trinajstić information content (AvgIpc) is 3.02. The van der Waals surface area contributed by atoms with Gasteiger partial charge in [0.25, 0.3) is 0 Å². The molecule has 1 N–H and O–H groups in total. The number of azide groups is 1. The Labute approximate surface area is 145 Å².